The van der Waals surface area contributed by atoms with Crippen LogP contribution in [0.2, 0.25) is 0 Å². The van der Waals surface area contributed by atoms with Gasteiger partial charge in [0, 0.05) is 17.3 Å². The Kier molecular flexibility index (Phi) is 4.24. The van der Waals surface area contributed by atoms with E-state index in [-0.39, 0.29) is 16.2 Å². The monoisotopic (exact) mass is 417 g/mol. The van der Waals surface area contributed by atoms with Crippen LogP contribution in [0.3, 0.4) is 0 Å². The molecule has 2 aromatic rings. The predicted octanol–water partition coefficient (Wildman–Crippen LogP) is 4.10. The van der Waals surface area contributed by atoms with Crippen LogP contribution >= 0.6 is 11.3 Å². The lowest BCUT2D eigenvalue weighted by atomic mass is 9.49. The lowest BCUT2D eigenvalue weighted by molar-refractivity contribution is -0.140. The first kappa shape index (κ1) is 18.1. The molecular weight excluding hydrogens is 394 g/mol. The summed E-state index contributed by atoms with van der Waals surface area (Å²) >= 11 is 1.22. The lowest BCUT2D eigenvalue weighted by Crippen LogP contribution is -2.51. The van der Waals surface area contributed by atoms with Gasteiger partial charge < -0.3 is 5.32 Å². The molecule has 4 aliphatic rings. The number of anilines is 2. The van der Waals surface area contributed by atoms with Crippen LogP contribution in [0, 0.1) is 23.2 Å². The van der Waals surface area contributed by atoms with E-state index in [2.05, 4.69) is 15.0 Å². The summed E-state index contributed by atoms with van der Waals surface area (Å²) in [5, 5.41) is 5.10. The molecule has 0 spiro atoms. The highest BCUT2D eigenvalue weighted by Crippen LogP contribution is 2.60. The molecule has 0 unspecified atom stereocenters. The van der Waals surface area contributed by atoms with Gasteiger partial charge in [0.15, 0.2) is 5.13 Å². The molecule has 4 bridgehead atoms. The van der Waals surface area contributed by atoms with Crippen LogP contribution < -0.4 is 10.0 Å². The molecule has 4 aliphatic carbocycles. The number of aromatic nitrogens is 1. The molecule has 1 heterocycles. The molecule has 0 radical (unpaired) electrons. The second kappa shape index (κ2) is 6.56. The van der Waals surface area contributed by atoms with Gasteiger partial charge in [0.2, 0.25) is 5.91 Å². The Morgan fingerprint density at radius 1 is 1.04 bits per heavy atom. The molecule has 4 saturated carbocycles. The maximum atomic E-state index is 13.1. The first-order valence-corrected chi connectivity index (χ1v) is 12.1. The molecule has 0 atom stereocenters. The van der Waals surface area contributed by atoms with E-state index in [0.29, 0.717) is 28.6 Å². The first-order valence-electron chi connectivity index (χ1n) is 9.76. The smallest absolute Gasteiger partial charge is 0.263 e. The molecule has 6 rings (SSSR count). The zero-order chi connectivity index (χ0) is 19.4. The van der Waals surface area contributed by atoms with Crippen LogP contribution in [0.5, 0.6) is 0 Å². The van der Waals surface area contributed by atoms with Crippen LogP contribution in [0.4, 0.5) is 10.8 Å². The van der Waals surface area contributed by atoms with Crippen LogP contribution in [0.1, 0.15) is 38.5 Å². The number of hydrogen-bond acceptors (Lipinski definition) is 5. The van der Waals surface area contributed by atoms with Gasteiger partial charge in [-0.15, -0.1) is 11.3 Å². The van der Waals surface area contributed by atoms with Gasteiger partial charge in [-0.2, -0.15) is 0 Å². The highest BCUT2D eigenvalue weighted by Gasteiger charge is 2.54. The highest BCUT2D eigenvalue weighted by atomic mass is 32.2. The number of thiazole rings is 1. The van der Waals surface area contributed by atoms with E-state index in [1.807, 2.05) is 0 Å². The lowest BCUT2D eigenvalue weighted by Gasteiger charge is -2.55. The number of benzene rings is 1. The van der Waals surface area contributed by atoms with Gasteiger partial charge in [0.1, 0.15) is 0 Å². The minimum absolute atomic E-state index is 0.114. The molecule has 6 nitrogen and oxygen atoms in total. The Morgan fingerprint density at radius 2 is 1.64 bits per heavy atom. The van der Waals surface area contributed by atoms with Gasteiger partial charge in [-0.3, -0.25) is 9.52 Å². The molecule has 28 heavy (non-hydrogen) atoms. The topological polar surface area (TPSA) is 88.2 Å². The van der Waals surface area contributed by atoms with Gasteiger partial charge in [0.25, 0.3) is 10.0 Å². The van der Waals surface area contributed by atoms with E-state index in [9.17, 15) is 13.2 Å². The first-order chi connectivity index (χ1) is 13.4. The Balaban J connectivity index is 1.29. The third-order valence-electron chi connectivity index (χ3n) is 6.60. The van der Waals surface area contributed by atoms with Crippen molar-refractivity contribution in [2.75, 3.05) is 10.0 Å². The molecule has 148 valence electrons. The highest BCUT2D eigenvalue weighted by molar-refractivity contribution is 7.93. The molecule has 1 aromatic carbocycles. The summed E-state index contributed by atoms with van der Waals surface area (Å²) in [5.74, 6) is 2.24. The van der Waals surface area contributed by atoms with Crippen molar-refractivity contribution < 1.29 is 13.2 Å². The van der Waals surface area contributed by atoms with Gasteiger partial charge in [-0.25, -0.2) is 13.4 Å². The Bertz CT molecular complexity index is 949. The standard InChI is InChI=1S/C20H23N3O3S2/c24-18(20-10-13-7-14(11-20)9-15(8-13)12-20)22-16-1-3-17(4-2-16)28(25,26)23-19-21-5-6-27-19/h1-6,13-15H,7-12H2,(H,21,23)(H,22,24). The Morgan fingerprint density at radius 3 is 2.18 bits per heavy atom. The van der Waals surface area contributed by atoms with Crippen molar-refractivity contribution in [2.24, 2.45) is 23.2 Å². The fraction of sp³-hybridized carbons (Fsp3) is 0.500. The van der Waals surface area contributed by atoms with E-state index in [1.165, 1.54) is 42.7 Å². The SMILES string of the molecule is O=C(Nc1ccc(S(=O)(=O)Nc2nccs2)cc1)C12CC3CC(CC(C3)C1)C2. The molecule has 8 heteroatoms. The summed E-state index contributed by atoms with van der Waals surface area (Å²) in [6, 6.07) is 6.36. The largest absolute Gasteiger partial charge is 0.326 e. The van der Waals surface area contributed by atoms with Crippen molar-refractivity contribution in [3.63, 3.8) is 0 Å². The molecule has 0 saturated heterocycles. The van der Waals surface area contributed by atoms with Crippen molar-refractivity contribution >= 4 is 38.1 Å². The summed E-state index contributed by atoms with van der Waals surface area (Å²) in [6.45, 7) is 0. The zero-order valence-electron chi connectivity index (χ0n) is 15.4. The van der Waals surface area contributed by atoms with Crippen molar-refractivity contribution in [1.29, 1.82) is 0 Å². The van der Waals surface area contributed by atoms with Crippen molar-refractivity contribution in [1.82, 2.24) is 4.98 Å². The van der Waals surface area contributed by atoms with E-state index >= 15 is 0 Å². The maximum absolute atomic E-state index is 13.1. The van der Waals surface area contributed by atoms with Gasteiger partial charge in [0.05, 0.1) is 10.3 Å². The fourth-order valence-electron chi connectivity index (χ4n) is 5.82. The number of nitrogens with one attached hydrogen (secondary N) is 2. The van der Waals surface area contributed by atoms with E-state index < -0.39 is 10.0 Å². The summed E-state index contributed by atoms with van der Waals surface area (Å²) in [4.78, 5) is 17.2. The Labute approximate surface area is 168 Å². The number of carbonyl (C=O) groups is 1. The number of hydrogen-bond donors (Lipinski definition) is 2. The zero-order valence-corrected chi connectivity index (χ0v) is 17.1. The van der Waals surface area contributed by atoms with Crippen molar-refractivity contribution in [3.05, 3.63) is 35.8 Å². The van der Waals surface area contributed by atoms with Crippen molar-refractivity contribution in [3.8, 4) is 0 Å². The van der Waals surface area contributed by atoms with Gasteiger partial charge in [-0.1, -0.05) is 0 Å². The number of amides is 1. The van der Waals surface area contributed by atoms with Crippen LogP contribution in [0.25, 0.3) is 0 Å². The molecule has 0 aliphatic heterocycles. The molecule has 1 aromatic heterocycles. The predicted molar refractivity (Wildman–Crippen MR) is 109 cm³/mol. The van der Waals surface area contributed by atoms with Crippen LogP contribution in [0.15, 0.2) is 40.7 Å². The molecular formula is C20H23N3O3S2. The summed E-state index contributed by atoms with van der Waals surface area (Å²) in [7, 11) is -3.68. The molecule has 2 N–H and O–H groups in total. The quantitative estimate of drug-likeness (QED) is 0.767. The van der Waals surface area contributed by atoms with Crippen LogP contribution in [-0.2, 0) is 14.8 Å². The second-order valence-corrected chi connectivity index (χ2v) is 11.2. The number of sulfonamides is 1. The van der Waals surface area contributed by atoms with E-state index in [4.69, 9.17) is 0 Å². The third kappa shape index (κ3) is 3.22. The number of rotatable bonds is 5. The number of carbonyl (C=O) groups excluding carboxylic acids is 1. The Hall–Kier alpha value is -1.93. The summed E-state index contributed by atoms with van der Waals surface area (Å²) in [5.41, 5.74) is 0.431. The maximum Gasteiger partial charge on any atom is 0.263 e. The van der Waals surface area contributed by atoms with Crippen molar-refractivity contribution in [2.45, 2.75) is 43.4 Å². The molecule has 1 amide bonds. The number of nitrogens with zero attached hydrogens (tertiary/aromatic N) is 1. The molecule has 4 fully saturated rings. The normalized spacial score (nSPS) is 30.9. The van der Waals surface area contributed by atoms with Gasteiger partial charge in [-0.05, 0) is 80.5 Å². The summed E-state index contributed by atoms with van der Waals surface area (Å²) in [6.07, 6.45) is 8.46. The third-order valence-corrected chi connectivity index (χ3v) is 8.77. The fourth-order valence-corrected chi connectivity index (χ4v) is 7.61. The average Bonchev–Trinajstić information content (AvgIpc) is 3.13. The van der Waals surface area contributed by atoms with E-state index in [1.54, 1.807) is 23.7 Å². The minimum Gasteiger partial charge on any atom is -0.326 e. The summed E-state index contributed by atoms with van der Waals surface area (Å²) < 4.78 is 27.3. The second-order valence-electron chi connectivity index (χ2n) is 8.62. The van der Waals surface area contributed by atoms with E-state index in [0.717, 1.165) is 19.3 Å². The average molecular weight is 418 g/mol. The van der Waals surface area contributed by atoms with Gasteiger partial charge >= 0.3 is 0 Å². The van der Waals surface area contributed by atoms with Crippen LogP contribution in [-0.4, -0.2) is 19.3 Å². The minimum atomic E-state index is -3.68.